The highest BCUT2D eigenvalue weighted by Gasteiger charge is 2.25. The number of ether oxygens (including phenoxy) is 1. The van der Waals surface area contributed by atoms with E-state index in [4.69, 9.17) is 4.74 Å². The number of allylic oxidation sites excluding steroid dienone is 2. The molecule has 2 aliphatic carbocycles. The maximum atomic E-state index is 6.13. The van der Waals surface area contributed by atoms with Crippen LogP contribution in [0.3, 0.4) is 0 Å². The lowest BCUT2D eigenvalue weighted by atomic mass is 9.95. The van der Waals surface area contributed by atoms with E-state index in [1.165, 1.54) is 85.1 Å². The lowest BCUT2D eigenvalue weighted by Gasteiger charge is -2.12. The van der Waals surface area contributed by atoms with Gasteiger partial charge >= 0.3 is 0 Å². The zero-order valence-corrected chi connectivity index (χ0v) is 18.8. The molecule has 0 fully saturated rings. The molecule has 3 heteroatoms. The first kappa shape index (κ1) is 19.6. The second-order valence-electron chi connectivity index (χ2n) is 8.42. The van der Waals surface area contributed by atoms with Crippen molar-refractivity contribution in [1.82, 2.24) is 0 Å². The van der Waals surface area contributed by atoms with Crippen LogP contribution in [0.2, 0.25) is 0 Å². The van der Waals surface area contributed by atoms with Gasteiger partial charge in [-0.05, 0) is 109 Å². The molecule has 0 N–H and O–H groups in total. The third-order valence-electron chi connectivity index (χ3n) is 6.48. The van der Waals surface area contributed by atoms with Gasteiger partial charge < -0.3 is 4.74 Å². The molecule has 0 aromatic heterocycles. The van der Waals surface area contributed by atoms with E-state index in [9.17, 15) is 0 Å². The van der Waals surface area contributed by atoms with Crippen molar-refractivity contribution in [2.24, 2.45) is 0 Å². The Kier molecular flexibility index (Phi) is 6.24. The van der Waals surface area contributed by atoms with E-state index in [0.29, 0.717) is 0 Å². The Hall–Kier alpha value is -1.32. The van der Waals surface area contributed by atoms with Crippen LogP contribution in [0, 0.1) is 0 Å². The first-order valence-electron chi connectivity index (χ1n) is 11.2. The van der Waals surface area contributed by atoms with Gasteiger partial charge in [0.15, 0.2) is 0 Å². The predicted molar refractivity (Wildman–Crippen MR) is 129 cm³/mol. The summed E-state index contributed by atoms with van der Waals surface area (Å²) in [6, 6.07) is 14.1. The van der Waals surface area contributed by atoms with Crippen LogP contribution in [0.15, 0.2) is 36.4 Å². The molecule has 2 aromatic carbocycles. The van der Waals surface area contributed by atoms with Crippen LogP contribution in [0.1, 0.15) is 66.3 Å². The highest BCUT2D eigenvalue weighted by molar-refractivity contribution is 8.76. The van der Waals surface area contributed by atoms with Crippen molar-refractivity contribution < 1.29 is 4.74 Å². The molecule has 29 heavy (non-hydrogen) atoms. The molecule has 0 saturated heterocycles. The topological polar surface area (TPSA) is 9.23 Å². The van der Waals surface area contributed by atoms with Crippen LogP contribution in [-0.4, -0.2) is 18.1 Å². The third-order valence-corrected chi connectivity index (χ3v) is 9.05. The molecule has 0 radical (unpaired) electrons. The Morgan fingerprint density at radius 2 is 1.34 bits per heavy atom. The highest BCUT2D eigenvalue weighted by Crippen LogP contribution is 2.45. The van der Waals surface area contributed by atoms with Gasteiger partial charge in [0.1, 0.15) is 5.75 Å². The maximum Gasteiger partial charge on any atom is 0.119 e. The average Bonchev–Trinajstić information content (AvgIpc) is 3.34. The molecule has 3 aliphatic rings. The zero-order valence-electron chi connectivity index (χ0n) is 17.2. The molecule has 0 unspecified atom stereocenters. The molecule has 2 aromatic rings. The quantitative estimate of drug-likeness (QED) is 0.410. The summed E-state index contributed by atoms with van der Waals surface area (Å²) in [4.78, 5) is 0. The van der Waals surface area contributed by atoms with Gasteiger partial charge in [0, 0.05) is 11.5 Å². The van der Waals surface area contributed by atoms with E-state index in [-0.39, 0.29) is 0 Å². The van der Waals surface area contributed by atoms with E-state index in [2.05, 4.69) is 47.2 Å². The highest BCUT2D eigenvalue weighted by atomic mass is 33.1. The average molecular weight is 423 g/mol. The fraction of sp³-hybridized carbons (Fsp3) is 0.462. The van der Waals surface area contributed by atoms with Crippen molar-refractivity contribution in [1.29, 1.82) is 0 Å². The van der Waals surface area contributed by atoms with Gasteiger partial charge in [-0.3, -0.25) is 0 Å². The van der Waals surface area contributed by atoms with Crippen LogP contribution in [-0.2, 0) is 19.3 Å². The minimum atomic E-state index is 0.842. The molecule has 0 amide bonds. The minimum Gasteiger partial charge on any atom is -0.494 e. The lowest BCUT2D eigenvalue weighted by molar-refractivity contribution is 0.306. The SMILES string of the molecule is c1cc2c3cc1CCCSSCCCCCOc1ccc4c(c1)/C(=C\3CC2)CC4. The molecule has 1 heterocycles. The van der Waals surface area contributed by atoms with E-state index in [1.807, 2.05) is 10.8 Å². The monoisotopic (exact) mass is 422 g/mol. The lowest BCUT2D eigenvalue weighted by Crippen LogP contribution is -1.98. The Balaban J connectivity index is 1.48. The summed E-state index contributed by atoms with van der Waals surface area (Å²) in [5.74, 6) is 3.58. The Morgan fingerprint density at radius 1 is 0.621 bits per heavy atom. The molecule has 1 nitrogen and oxygen atoms in total. The van der Waals surface area contributed by atoms with E-state index in [0.717, 1.165) is 18.8 Å². The second kappa shape index (κ2) is 9.22. The molecule has 0 atom stereocenters. The predicted octanol–water partition coefficient (Wildman–Crippen LogP) is 7.37. The summed E-state index contributed by atoms with van der Waals surface area (Å²) in [5.41, 5.74) is 10.8. The number of rotatable bonds is 0. The number of fused-ring (bicyclic) bond motifs is 2. The van der Waals surface area contributed by atoms with Gasteiger partial charge in [-0.1, -0.05) is 45.9 Å². The van der Waals surface area contributed by atoms with Gasteiger partial charge in [0.25, 0.3) is 0 Å². The molecule has 152 valence electrons. The van der Waals surface area contributed by atoms with E-state index < -0.39 is 0 Å². The molecule has 0 saturated carbocycles. The zero-order chi connectivity index (χ0) is 19.5. The van der Waals surface area contributed by atoms with Crippen LogP contribution in [0.25, 0.3) is 11.1 Å². The molecular formula is C26H30OS2. The number of benzene rings is 2. The van der Waals surface area contributed by atoms with Crippen molar-refractivity contribution in [3.05, 3.63) is 64.2 Å². The van der Waals surface area contributed by atoms with Gasteiger partial charge in [-0.2, -0.15) is 0 Å². The molecule has 4 bridgehead atoms. The van der Waals surface area contributed by atoms with Gasteiger partial charge in [-0.25, -0.2) is 0 Å². The largest absolute Gasteiger partial charge is 0.494 e. The van der Waals surface area contributed by atoms with Crippen molar-refractivity contribution >= 4 is 32.7 Å². The van der Waals surface area contributed by atoms with Crippen LogP contribution in [0.5, 0.6) is 5.75 Å². The van der Waals surface area contributed by atoms with Crippen molar-refractivity contribution in [2.75, 3.05) is 18.1 Å². The summed E-state index contributed by atoms with van der Waals surface area (Å²) >= 11 is 0. The fourth-order valence-electron chi connectivity index (χ4n) is 4.92. The Labute approximate surface area is 183 Å². The molecule has 5 rings (SSSR count). The second-order valence-corrected chi connectivity index (χ2v) is 11.1. The summed E-state index contributed by atoms with van der Waals surface area (Å²) in [7, 11) is 4.10. The number of hydrogen-bond acceptors (Lipinski definition) is 3. The summed E-state index contributed by atoms with van der Waals surface area (Å²) < 4.78 is 6.13. The first-order valence-corrected chi connectivity index (χ1v) is 13.7. The van der Waals surface area contributed by atoms with E-state index >= 15 is 0 Å². The summed E-state index contributed by atoms with van der Waals surface area (Å²) in [6.45, 7) is 0.842. The first-order chi connectivity index (χ1) is 14.4. The fourth-order valence-corrected chi connectivity index (χ4v) is 7.15. The standard InChI is InChI=1S/C26H30OS2/c1-2-14-27-22-11-8-21-10-13-24(26(21)18-22)23-12-9-20-7-6-19(17-25(20)23)5-4-16-29-28-15-3-1/h6-8,11,17-18H,1-5,9-10,12-16H2/b24-23-. The molecule has 0 spiro atoms. The van der Waals surface area contributed by atoms with Crippen molar-refractivity contribution in [3.63, 3.8) is 0 Å². The smallest absolute Gasteiger partial charge is 0.119 e. The van der Waals surface area contributed by atoms with Gasteiger partial charge in [0.05, 0.1) is 6.61 Å². The Bertz CT molecular complexity index is 841. The summed E-state index contributed by atoms with van der Waals surface area (Å²) in [5, 5.41) is 0. The number of hydrogen-bond donors (Lipinski definition) is 0. The molecule has 1 aliphatic heterocycles. The summed E-state index contributed by atoms with van der Waals surface area (Å²) in [6.07, 6.45) is 11.0. The van der Waals surface area contributed by atoms with E-state index in [1.54, 1.807) is 16.7 Å². The van der Waals surface area contributed by atoms with Crippen LogP contribution >= 0.6 is 21.6 Å². The normalized spacial score (nSPS) is 22.5. The minimum absolute atomic E-state index is 0.842. The van der Waals surface area contributed by atoms with Crippen molar-refractivity contribution in [3.8, 4) is 5.75 Å². The Morgan fingerprint density at radius 3 is 2.17 bits per heavy atom. The van der Waals surface area contributed by atoms with Crippen molar-refractivity contribution in [2.45, 2.75) is 57.8 Å². The van der Waals surface area contributed by atoms with Crippen LogP contribution < -0.4 is 4.74 Å². The van der Waals surface area contributed by atoms with Gasteiger partial charge in [0.2, 0.25) is 0 Å². The maximum absolute atomic E-state index is 6.13. The van der Waals surface area contributed by atoms with Crippen LogP contribution in [0.4, 0.5) is 0 Å². The third kappa shape index (κ3) is 4.41. The molecular weight excluding hydrogens is 392 g/mol. The number of aryl methyl sites for hydroxylation is 3. The van der Waals surface area contributed by atoms with Gasteiger partial charge in [-0.15, -0.1) is 0 Å².